The molecule has 1 amide bonds. The Balaban J connectivity index is 2.72. The summed E-state index contributed by atoms with van der Waals surface area (Å²) in [5, 5.41) is 0. The minimum absolute atomic E-state index is 0.156. The molecule has 0 saturated carbocycles. The first-order valence-electron chi connectivity index (χ1n) is 4.95. The monoisotopic (exact) mass is 258 g/mol. The van der Waals surface area contributed by atoms with Crippen LogP contribution in [0.25, 0.3) is 0 Å². The molecule has 7 heteroatoms. The van der Waals surface area contributed by atoms with Gasteiger partial charge in [0.1, 0.15) is 0 Å². The molecule has 0 aliphatic rings. The predicted molar refractivity (Wildman–Crippen MR) is 59.4 cm³/mol. The number of hydrogen-bond acceptors (Lipinski definition) is 4. The first kappa shape index (κ1) is 13.6. The highest BCUT2D eigenvalue weighted by atomic mass is 32.2. The summed E-state index contributed by atoms with van der Waals surface area (Å²) in [6, 6.07) is 3.03. The van der Waals surface area contributed by atoms with Gasteiger partial charge < -0.3 is 4.55 Å². The van der Waals surface area contributed by atoms with E-state index < -0.39 is 15.9 Å². The maximum atomic E-state index is 11.5. The predicted octanol–water partition coefficient (Wildman–Crippen LogP) is -0.408. The van der Waals surface area contributed by atoms with Crippen LogP contribution in [0, 0.1) is 0 Å². The Bertz CT molecular complexity index is 494. The van der Waals surface area contributed by atoms with Crippen LogP contribution in [0.15, 0.2) is 24.5 Å². The second-order valence-electron chi connectivity index (χ2n) is 3.80. The van der Waals surface area contributed by atoms with Crippen LogP contribution < -0.4 is 4.57 Å². The molecule has 6 nitrogen and oxygen atoms in total. The number of pyridine rings is 1. The summed E-state index contributed by atoms with van der Waals surface area (Å²) in [6.07, 6.45) is 3.23. The SMILES string of the molecule is CN(C)C(=O)[n+]1ccc(CCS(=O)(=O)[O-])cc1. The largest absolute Gasteiger partial charge is 0.748 e. The fraction of sp³-hybridized carbons (Fsp3) is 0.400. The van der Waals surface area contributed by atoms with Crippen molar-refractivity contribution >= 4 is 16.1 Å². The Morgan fingerprint density at radius 2 is 1.88 bits per heavy atom. The Hall–Kier alpha value is -1.47. The molecule has 0 bridgehead atoms. The van der Waals surface area contributed by atoms with Gasteiger partial charge in [0.15, 0.2) is 0 Å². The van der Waals surface area contributed by atoms with Gasteiger partial charge in [-0.1, -0.05) is 0 Å². The number of carbonyl (C=O) groups is 1. The van der Waals surface area contributed by atoms with E-state index in [9.17, 15) is 17.8 Å². The average Bonchev–Trinajstić information content (AvgIpc) is 2.25. The van der Waals surface area contributed by atoms with Crippen LogP contribution in [0.3, 0.4) is 0 Å². The van der Waals surface area contributed by atoms with E-state index in [1.165, 1.54) is 21.9 Å². The zero-order valence-electron chi connectivity index (χ0n) is 9.66. The van der Waals surface area contributed by atoms with E-state index in [1.807, 2.05) is 0 Å². The number of nitrogens with zero attached hydrogens (tertiary/aromatic N) is 2. The Morgan fingerprint density at radius 3 is 2.29 bits per heavy atom. The summed E-state index contributed by atoms with van der Waals surface area (Å²) in [5.41, 5.74) is 0.701. The normalized spacial score (nSPS) is 11.2. The third-order valence-corrected chi connectivity index (χ3v) is 2.85. The van der Waals surface area contributed by atoms with Crippen LogP contribution in [0.5, 0.6) is 0 Å². The number of aromatic nitrogens is 1. The molecule has 1 heterocycles. The van der Waals surface area contributed by atoms with Crippen LogP contribution in [0.2, 0.25) is 0 Å². The molecule has 0 atom stereocenters. The molecule has 0 aliphatic heterocycles. The lowest BCUT2D eigenvalue weighted by molar-refractivity contribution is -0.577. The molecule has 0 radical (unpaired) electrons. The maximum Gasteiger partial charge on any atom is 0.497 e. The van der Waals surface area contributed by atoms with Crippen molar-refractivity contribution in [2.45, 2.75) is 6.42 Å². The highest BCUT2D eigenvalue weighted by Crippen LogP contribution is 1.99. The molecule has 0 unspecified atom stereocenters. The summed E-state index contributed by atoms with van der Waals surface area (Å²) >= 11 is 0. The van der Waals surface area contributed by atoms with E-state index in [4.69, 9.17) is 0 Å². The number of rotatable bonds is 3. The highest BCUT2D eigenvalue weighted by molar-refractivity contribution is 7.85. The maximum absolute atomic E-state index is 11.5. The van der Waals surface area contributed by atoms with E-state index in [0.29, 0.717) is 5.56 Å². The molecule has 0 fully saturated rings. The third kappa shape index (κ3) is 4.49. The minimum Gasteiger partial charge on any atom is -0.748 e. The van der Waals surface area contributed by atoms with Crippen LogP contribution in [-0.2, 0) is 16.5 Å². The molecule has 0 aromatic carbocycles. The molecular formula is C10H14N2O4S. The fourth-order valence-corrected chi connectivity index (χ4v) is 1.71. The zero-order valence-corrected chi connectivity index (χ0v) is 10.5. The quantitative estimate of drug-likeness (QED) is 0.545. The van der Waals surface area contributed by atoms with Crippen molar-refractivity contribution in [2.24, 2.45) is 0 Å². The van der Waals surface area contributed by atoms with Crippen molar-refractivity contribution in [3.05, 3.63) is 30.1 Å². The lowest BCUT2D eigenvalue weighted by Crippen LogP contribution is -2.49. The Morgan fingerprint density at radius 1 is 1.35 bits per heavy atom. The number of hydrogen-bond donors (Lipinski definition) is 0. The van der Waals surface area contributed by atoms with E-state index in [-0.39, 0.29) is 12.5 Å². The van der Waals surface area contributed by atoms with Gasteiger partial charge >= 0.3 is 6.03 Å². The van der Waals surface area contributed by atoms with E-state index >= 15 is 0 Å². The fourth-order valence-electron chi connectivity index (χ4n) is 1.23. The van der Waals surface area contributed by atoms with Crippen LogP contribution >= 0.6 is 0 Å². The summed E-state index contributed by atoms with van der Waals surface area (Å²) in [6.45, 7) is 0. The summed E-state index contributed by atoms with van der Waals surface area (Å²) < 4.78 is 32.7. The molecule has 1 rings (SSSR count). The number of amides is 1. The first-order chi connectivity index (χ1) is 7.79. The van der Waals surface area contributed by atoms with Gasteiger partial charge in [0.2, 0.25) is 0 Å². The van der Waals surface area contributed by atoms with Crippen LogP contribution in [0.1, 0.15) is 5.56 Å². The third-order valence-electron chi connectivity index (χ3n) is 2.14. The van der Waals surface area contributed by atoms with Gasteiger partial charge in [0.25, 0.3) is 0 Å². The molecular weight excluding hydrogens is 244 g/mol. The first-order valence-corrected chi connectivity index (χ1v) is 6.53. The van der Waals surface area contributed by atoms with E-state index in [2.05, 4.69) is 0 Å². The molecule has 0 aliphatic carbocycles. The molecule has 1 aromatic rings. The highest BCUT2D eigenvalue weighted by Gasteiger charge is 2.14. The summed E-state index contributed by atoms with van der Waals surface area (Å²) in [7, 11) is -0.930. The Labute approximate surface area is 100 Å². The van der Waals surface area contributed by atoms with Gasteiger partial charge in [-0.2, -0.15) is 9.36 Å². The number of aryl methyl sites for hydroxylation is 1. The van der Waals surface area contributed by atoms with E-state index in [0.717, 1.165) is 0 Å². The van der Waals surface area contributed by atoms with Gasteiger partial charge in [-0.3, -0.25) is 0 Å². The topological polar surface area (TPSA) is 81.4 Å². The lowest BCUT2D eigenvalue weighted by Gasteiger charge is -2.07. The van der Waals surface area contributed by atoms with Crippen LogP contribution in [-0.4, -0.2) is 43.7 Å². The van der Waals surface area contributed by atoms with Crippen molar-refractivity contribution in [1.29, 1.82) is 0 Å². The van der Waals surface area contributed by atoms with Crippen molar-refractivity contribution in [3.63, 3.8) is 0 Å². The second kappa shape index (κ2) is 5.24. The van der Waals surface area contributed by atoms with Crippen LogP contribution in [0.4, 0.5) is 4.79 Å². The molecule has 0 N–H and O–H groups in total. The molecule has 94 valence electrons. The molecule has 1 aromatic heterocycles. The molecule has 0 saturated heterocycles. The van der Waals surface area contributed by atoms with E-state index in [1.54, 1.807) is 26.2 Å². The zero-order chi connectivity index (χ0) is 13.1. The Kier molecular flexibility index (Phi) is 4.19. The summed E-state index contributed by atoms with van der Waals surface area (Å²) in [4.78, 5) is 12.9. The van der Waals surface area contributed by atoms with Gasteiger partial charge in [-0.25, -0.2) is 13.3 Å². The van der Waals surface area contributed by atoms with Crippen molar-refractivity contribution < 1.29 is 22.3 Å². The second-order valence-corrected chi connectivity index (χ2v) is 5.33. The van der Waals surface area contributed by atoms with Crippen molar-refractivity contribution in [2.75, 3.05) is 19.8 Å². The van der Waals surface area contributed by atoms with Crippen molar-refractivity contribution in [3.8, 4) is 0 Å². The molecule has 17 heavy (non-hydrogen) atoms. The van der Waals surface area contributed by atoms with Gasteiger partial charge in [-0.15, -0.1) is 0 Å². The average molecular weight is 258 g/mol. The smallest absolute Gasteiger partial charge is 0.497 e. The van der Waals surface area contributed by atoms with Gasteiger partial charge in [0, 0.05) is 5.75 Å². The summed E-state index contributed by atoms with van der Waals surface area (Å²) in [5.74, 6) is -0.432. The molecule has 0 spiro atoms. The minimum atomic E-state index is -4.19. The standard InChI is InChI=1S/C10H14N2O4S/c1-11(2)10(13)12-6-3-9(4-7-12)5-8-17(14,15)16/h3-4,6-7H,5,8H2,1-2H3. The number of carbonyl (C=O) groups excluding carboxylic acids is 1. The lowest BCUT2D eigenvalue weighted by atomic mass is 10.2. The van der Waals surface area contributed by atoms with Gasteiger partial charge in [-0.05, 0) is 24.1 Å². The van der Waals surface area contributed by atoms with Crippen molar-refractivity contribution in [1.82, 2.24) is 4.90 Å². The van der Waals surface area contributed by atoms with Gasteiger partial charge in [0.05, 0.1) is 36.6 Å².